The molecule has 1 aliphatic heterocycles. The average Bonchev–Trinajstić information content (AvgIpc) is 3.13. The zero-order chi connectivity index (χ0) is 19.5. The first-order chi connectivity index (χ1) is 13.6. The van der Waals surface area contributed by atoms with Crippen molar-refractivity contribution < 1.29 is 9.90 Å². The van der Waals surface area contributed by atoms with Gasteiger partial charge in [-0.25, -0.2) is 4.68 Å². The van der Waals surface area contributed by atoms with Gasteiger partial charge in [-0.2, -0.15) is 0 Å². The smallest absolute Gasteiger partial charge is 0.307 e. The van der Waals surface area contributed by atoms with Gasteiger partial charge in [0.15, 0.2) is 0 Å². The molecule has 1 atom stereocenters. The van der Waals surface area contributed by atoms with Crippen molar-refractivity contribution in [2.45, 2.75) is 19.4 Å². The lowest BCUT2D eigenvalue weighted by molar-refractivity contribution is -0.143. The monoisotopic (exact) mass is 441 g/mol. The Balaban J connectivity index is 1.69. The van der Waals surface area contributed by atoms with Gasteiger partial charge in [0.25, 0.3) is 0 Å². The SMILES string of the molecule is O=C(O)C1CCCN(Cc2nnn(-c3ccc(Br)cc3)c2-c2ccncc2)C1. The van der Waals surface area contributed by atoms with Crippen LogP contribution < -0.4 is 0 Å². The van der Waals surface area contributed by atoms with E-state index < -0.39 is 5.97 Å². The van der Waals surface area contributed by atoms with Crippen LogP contribution in [0.5, 0.6) is 0 Å². The second-order valence-corrected chi connectivity index (χ2v) is 7.84. The summed E-state index contributed by atoms with van der Waals surface area (Å²) in [6, 6.07) is 11.8. The minimum absolute atomic E-state index is 0.320. The van der Waals surface area contributed by atoms with Crippen molar-refractivity contribution in [3.63, 3.8) is 0 Å². The quantitative estimate of drug-likeness (QED) is 0.652. The van der Waals surface area contributed by atoms with Crippen LogP contribution in [0, 0.1) is 5.92 Å². The van der Waals surface area contributed by atoms with Crippen molar-refractivity contribution in [2.75, 3.05) is 13.1 Å². The molecule has 28 heavy (non-hydrogen) atoms. The molecule has 1 aliphatic rings. The molecule has 4 rings (SSSR count). The van der Waals surface area contributed by atoms with Crippen molar-refractivity contribution in [3.8, 4) is 16.9 Å². The summed E-state index contributed by atoms with van der Waals surface area (Å²) in [6.45, 7) is 1.97. The van der Waals surface area contributed by atoms with E-state index in [9.17, 15) is 9.90 Å². The predicted molar refractivity (Wildman–Crippen MR) is 108 cm³/mol. The van der Waals surface area contributed by atoms with Crippen molar-refractivity contribution in [3.05, 3.63) is 59.0 Å². The number of aromatic nitrogens is 4. The molecule has 0 saturated carbocycles. The van der Waals surface area contributed by atoms with Crippen LogP contribution in [0.25, 0.3) is 16.9 Å². The summed E-state index contributed by atoms with van der Waals surface area (Å²) in [4.78, 5) is 17.7. The number of carboxylic acid groups (broad SMARTS) is 1. The Morgan fingerprint density at radius 1 is 1.18 bits per heavy atom. The van der Waals surface area contributed by atoms with E-state index in [4.69, 9.17) is 0 Å². The summed E-state index contributed by atoms with van der Waals surface area (Å²) in [7, 11) is 0. The second kappa shape index (κ2) is 8.20. The Morgan fingerprint density at radius 2 is 1.93 bits per heavy atom. The number of hydrogen-bond donors (Lipinski definition) is 1. The molecule has 1 saturated heterocycles. The topological polar surface area (TPSA) is 84.1 Å². The van der Waals surface area contributed by atoms with Gasteiger partial charge in [0.1, 0.15) is 5.69 Å². The molecule has 144 valence electrons. The zero-order valence-electron chi connectivity index (χ0n) is 15.2. The van der Waals surface area contributed by atoms with Crippen molar-refractivity contribution >= 4 is 21.9 Å². The number of likely N-dealkylation sites (tertiary alicyclic amines) is 1. The highest BCUT2D eigenvalue weighted by Gasteiger charge is 2.27. The highest BCUT2D eigenvalue weighted by molar-refractivity contribution is 9.10. The Kier molecular flexibility index (Phi) is 5.50. The van der Waals surface area contributed by atoms with E-state index in [1.54, 1.807) is 12.4 Å². The van der Waals surface area contributed by atoms with Crippen LogP contribution in [0.2, 0.25) is 0 Å². The van der Waals surface area contributed by atoms with Crippen LogP contribution in [0.1, 0.15) is 18.5 Å². The lowest BCUT2D eigenvalue weighted by Crippen LogP contribution is -2.38. The van der Waals surface area contributed by atoms with Crippen LogP contribution in [-0.2, 0) is 11.3 Å². The van der Waals surface area contributed by atoms with E-state index in [1.165, 1.54) is 0 Å². The van der Waals surface area contributed by atoms with Gasteiger partial charge >= 0.3 is 5.97 Å². The maximum absolute atomic E-state index is 11.4. The summed E-state index contributed by atoms with van der Waals surface area (Å²) in [5, 5.41) is 18.2. The number of carboxylic acids is 1. The molecule has 3 heterocycles. The minimum Gasteiger partial charge on any atom is -0.481 e. The first-order valence-corrected chi connectivity index (χ1v) is 9.97. The van der Waals surface area contributed by atoms with E-state index in [-0.39, 0.29) is 5.92 Å². The Hall–Kier alpha value is -2.58. The Morgan fingerprint density at radius 3 is 2.64 bits per heavy atom. The molecule has 3 aromatic rings. The zero-order valence-corrected chi connectivity index (χ0v) is 16.8. The molecular formula is C20H20BrN5O2. The standard InChI is InChI=1S/C20H20BrN5O2/c21-16-3-5-17(6-4-16)26-19(14-7-9-22-10-8-14)18(23-24-26)13-25-11-1-2-15(12-25)20(27)28/h3-10,15H,1-2,11-13H2,(H,27,28). The maximum Gasteiger partial charge on any atom is 0.307 e. The van der Waals surface area contributed by atoms with Gasteiger partial charge in [-0.15, -0.1) is 5.10 Å². The van der Waals surface area contributed by atoms with E-state index in [2.05, 4.69) is 36.1 Å². The normalized spacial score (nSPS) is 17.5. The fourth-order valence-corrected chi connectivity index (χ4v) is 3.86. The molecule has 1 unspecified atom stereocenters. The highest BCUT2D eigenvalue weighted by Crippen LogP contribution is 2.28. The molecular weight excluding hydrogens is 422 g/mol. The van der Waals surface area contributed by atoms with Gasteiger partial charge in [0.05, 0.1) is 17.3 Å². The number of aliphatic carboxylic acids is 1. The van der Waals surface area contributed by atoms with Gasteiger partial charge < -0.3 is 5.11 Å². The minimum atomic E-state index is -0.724. The number of rotatable bonds is 5. The maximum atomic E-state index is 11.4. The fraction of sp³-hybridized carbons (Fsp3) is 0.300. The molecule has 1 fully saturated rings. The van der Waals surface area contributed by atoms with E-state index in [0.717, 1.165) is 46.5 Å². The number of halogens is 1. The third kappa shape index (κ3) is 3.98. The summed E-state index contributed by atoms with van der Waals surface area (Å²) < 4.78 is 2.82. The summed E-state index contributed by atoms with van der Waals surface area (Å²) in [5.41, 5.74) is 3.63. The van der Waals surface area contributed by atoms with Crippen molar-refractivity contribution in [1.29, 1.82) is 0 Å². The Bertz CT molecular complexity index is 958. The third-order valence-electron chi connectivity index (χ3n) is 4.99. The number of hydrogen-bond acceptors (Lipinski definition) is 5. The molecule has 1 aromatic carbocycles. The number of carbonyl (C=O) groups is 1. The summed E-state index contributed by atoms with van der Waals surface area (Å²) in [6.07, 6.45) is 5.11. The molecule has 0 bridgehead atoms. The largest absolute Gasteiger partial charge is 0.481 e. The first kappa shape index (κ1) is 18.8. The van der Waals surface area contributed by atoms with Gasteiger partial charge in [-0.3, -0.25) is 14.7 Å². The van der Waals surface area contributed by atoms with Gasteiger partial charge in [0.2, 0.25) is 0 Å². The fourth-order valence-electron chi connectivity index (χ4n) is 3.59. The third-order valence-corrected chi connectivity index (χ3v) is 5.52. The number of pyridine rings is 1. The lowest BCUT2D eigenvalue weighted by atomic mass is 9.98. The molecule has 7 nitrogen and oxygen atoms in total. The van der Waals surface area contributed by atoms with E-state index in [0.29, 0.717) is 13.1 Å². The Labute approximate surface area is 171 Å². The number of piperidine rings is 1. The average molecular weight is 442 g/mol. The molecule has 0 radical (unpaired) electrons. The molecule has 0 aliphatic carbocycles. The van der Waals surface area contributed by atoms with Crippen molar-refractivity contribution in [2.24, 2.45) is 5.92 Å². The van der Waals surface area contributed by atoms with Crippen molar-refractivity contribution in [1.82, 2.24) is 24.9 Å². The van der Waals surface area contributed by atoms with Gasteiger partial charge in [-0.1, -0.05) is 21.1 Å². The van der Waals surface area contributed by atoms with Crippen LogP contribution in [0.4, 0.5) is 0 Å². The van der Waals surface area contributed by atoms with Crippen LogP contribution in [0.15, 0.2) is 53.3 Å². The highest BCUT2D eigenvalue weighted by atomic mass is 79.9. The van der Waals surface area contributed by atoms with Gasteiger partial charge in [0, 0.05) is 35.5 Å². The van der Waals surface area contributed by atoms with Crippen LogP contribution in [0.3, 0.4) is 0 Å². The predicted octanol–water partition coefficient (Wildman–Crippen LogP) is 3.39. The molecule has 8 heteroatoms. The second-order valence-electron chi connectivity index (χ2n) is 6.92. The molecule has 0 spiro atoms. The van der Waals surface area contributed by atoms with E-state index in [1.807, 2.05) is 41.1 Å². The number of benzene rings is 1. The molecule has 1 N–H and O–H groups in total. The number of nitrogens with zero attached hydrogens (tertiary/aromatic N) is 5. The summed E-state index contributed by atoms with van der Waals surface area (Å²) >= 11 is 3.46. The van der Waals surface area contributed by atoms with Crippen LogP contribution >= 0.6 is 15.9 Å². The van der Waals surface area contributed by atoms with Crippen LogP contribution in [-0.4, -0.2) is 49.0 Å². The first-order valence-electron chi connectivity index (χ1n) is 9.18. The summed E-state index contributed by atoms with van der Waals surface area (Å²) in [5.74, 6) is -1.04. The van der Waals surface area contributed by atoms with Gasteiger partial charge in [-0.05, 0) is 55.8 Å². The lowest BCUT2D eigenvalue weighted by Gasteiger charge is -2.30. The molecule has 0 amide bonds. The molecule has 2 aromatic heterocycles. The van der Waals surface area contributed by atoms with E-state index >= 15 is 0 Å².